The number of hydrazone groups is 1. The van der Waals surface area contributed by atoms with Crippen LogP contribution in [0, 0.1) is 0 Å². The maximum atomic E-state index is 12.1. The topological polar surface area (TPSA) is 101 Å². The fourth-order valence-electron chi connectivity index (χ4n) is 2.33. The molecule has 0 fully saturated rings. The first-order valence-corrected chi connectivity index (χ1v) is 12.2. The molecule has 1 aromatic heterocycles. The van der Waals surface area contributed by atoms with Crippen molar-refractivity contribution in [2.75, 3.05) is 12.9 Å². The largest absolute Gasteiger partial charge is 0.870 e. The summed E-state index contributed by atoms with van der Waals surface area (Å²) in [5.74, 6) is 0.765. The highest BCUT2D eigenvalue weighted by Crippen LogP contribution is 2.29. The summed E-state index contributed by atoms with van der Waals surface area (Å²) in [6.07, 6.45) is 0. The van der Waals surface area contributed by atoms with Crippen molar-refractivity contribution in [3.05, 3.63) is 58.6 Å². The number of halogens is 1. The molecule has 0 aliphatic heterocycles. The minimum atomic E-state index is -0.248. The van der Waals surface area contributed by atoms with Gasteiger partial charge in [-0.3, -0.25) is 4.79 Å². The number of hydrogen-bond acceptors (Lipinski definition) is 8. The van der Waals surface area contributed by atoms with Gasteiger partial charge in [-0.25, -0.2) is 5.43 Å². The summed E-state index contributed by atoms with van der Waals surface area (Å²) in [6.45, 7) is 1.74. The summed E-state index contributed by atoms with van der Waals surface area (Å²) in [6, 6.07) is 12.4. The summed E-state index contributed by atoms with van der Waals surface area (Å²) in [7, 11) is 1.43. The van der Waals surface area contributed by atoms with Crippen LogP contribution in [0.25, 0.3) is 0 Å². The number of hydrogen-bond donors (Lipinski definition) is 1. The van der Waals surface area contributed by atoms with Crippen molar-refractivity contribution in [3.63, 3.8) is 0 Å². The molecule has 162 valence electrons. The monoisotopic (exact) mass is 494 g/mol. The van der Waals surface area contributed by atoms with E-state index in [1.54, 1.807) is 30.8 Å². The van der Waals surface area contributed by atoms with E-state index in [-0.39, 0.29) is 23.2 Å². The predicted molar refractivity (Wildman–Crippen MR) is 123 cm³/mol. The van der Waals surface area contributed by atoms with Gasteiger partial charge in [-0.1, -0.05) is 58.5 Å². The molecule has 0 atom stereocenters. The number of thioether (sulfide) groups is 2. The van der Waals surface area contributed by atoms with E-state index < -0.39 is 0 Å². The van der Waals surface area contributed by atoms with Gasteiger partial charge >= 0.3 is 4.34 Å². The number of rotatable bonds is 9. The van der Waals surface area contributed by atoms with Crippen molar-refractivity contribution < 1.29 is 19.7 Å². The molecule has 3 aromatic rings. The molecule has 3 rings (SSSR count). The molecule has 2 N–H and O–H groups in total. The second-order valence-electron chi connectivity index (χ2n) is 6.18. The van der Waals surface area contributed by atoms with Crippen molar-refractivity contribution in [1.29, 1.82) is 0 Å². The van der Waals surface area contributed by atoms with Crippen LogP contribution in [0.2, 0.25) is 5.02 Å². The smallest absolute Gasteiger partial charge is 0.323 e. The lowest BCUT2D eigenvalue weighted by Gasteiger charge is -2.13. The van der Waals surface area contributed by atoms with Gasteiger partial charge in [0.1, 0.15) is 5.75 Å². The molecule has 31 heavy (non-hydrogen) atoms. The quantitative estimate of drug-likeness (QED) is 0.277. The molecule has 0 aliphatic rings. The van der Waals surface area contributed by atoms with Gasteiger partial charge in [-0.2, -0.15) is 5.10 Å². The van der Waals surface area contributed by atoms with Gasteiger partial charge in [-0.05, 0) is 53.8 Å². The maximum Gasteiger partial charge on any atom is 0.323 e. The molecule has 0 radical (unpaired) electrons. The number of ether oxygens (including phenoxy) is 1. The standard InChI is InChI=1S/C20H19ClN4O3S3/c1-12(14-5-8-16(26)17(9-14)28-2)22-23-18(27)11-30-20-25-24-19(31-20)29-10-13-3-6-15(21)7-4-13/h3-9,26H,10-11H2,1-2H3,(H,23,27). The highest BCUT2D eigenvalue weighted by atomic mass is 35.5. The molecule has 0 saturated heterocycles. The number of carbonyl (C=O) groups excluding carboxylic acids is 1. The predicted octanol–water partition coefficient (Wildman–Crippen LogP) is 3.62. The Morgan fingerprint density at radius 3 is 2.81 bits per heavy atom. The number of nitrogens with one attached hydrogen (secondary N) is 2. The number of benzene rings is 2. The van der Waals surface area contributed by atoms with Gasteiger partial charge in [0, 0.05) is 21.4 Å². The van der Waals surface area contributed by atoms with E-state index in [2.05, 4.69) is 20.7 Å². The van der Waals surface area contributed by atoms with Crippen LogP contribution < -0.4 is 20.4 Å². The summed E-state index contributed by atoms with van der Waals surface area (Å²) in [4.78, 5) is 12.1. The van der Waals surface area contributed by atoms with Crippen LogP contribution in [0.3, 0.4) is 0 Å². The van der Waals surface area contributed by atoms with Crippen LogP contribution in [0.15, 0.2) is 56.2 Å². The van der Waals surface area contributed by atoms with E-state index in [9.17, 15) is 9.90 Å². The van der Waals surface area contributed by atoms with E-state index in [1.165, 1.54) is 41.8 Å². The molecular formula is C20H19ClN4O3S3. The average molecular weight is 495 g/mol. The Morgan fingerprint density at radius 1 is 1.29 bits per heavy atom. The first kappa shape index (κ1) is 23.4. The second kappa shape index (κ2) is 11.4. The van der Waals surface area contributed by atoms with Crippen molar-refractivity contribution in [2.45, 2.75) is 21.4 Å². The minimum Gasteiger partial charge on any atom is -0.870 e. The van der Waals surface area contributed by atoms with Gasteiger partial charge < -0.3 is 9.84 Å². The lowest BCUT2D eigenvalue weighted by molar-refractivity contribution is -0.492. The molecule has 0 unspecified atom stereocenters. The summed E-state index contributed by atoms with van der Waals surface area (Å²) >= 11 is 10.4. The van der Waals surface area contributed by atoms with Gasteiger partial charge in [0.15, 0.2) is 0 Å². The highest BCUT2D eigenvalue weighted by Gasteiger charge is 2.14. The third-order valence-corrected chi connectivity index (χ3v) is 7.54. The van der Waals surface area contributed by atoms with Gasteiger partial charge in [0.05, 0.1) is 18.6 Å². The van der Waals surface area contributed by atoms with E-state index >= 15 is 0 Å². The fourth-order valence-corrected chi connectivity index (χ4v) is 5.30. The van der Waals surface area contributed by atoms with Crippen LogP contribution in [0.4, 0.5) is 0 Å². The molecular weight excluding hydrogens is 476 g/mol. The first-order chi connectivity index (χ1) is 14.9. The Labute approximate surface area is 197 Å². The number of amides is 1. The molecule has 2 aromatic carbocycles. The van der Waals surface area contributed by atoms with E-state index in [4.69, 9.17) is 16.3 Å². The van der Waals surface area contributed by atoms with Crippen LogP contribution in [0.5, 0.6) is 11.5 Å². The maximum absolute atomic E-state index is 12.1. The molecule has 0 aliphatic carbocycles. The van der Waals surface area contributed by atoms with E-state index in [0.717, 1.165) is 19.5 Å². The zero-order valence-corrected chi connectivity index (χ0v) is 19.9. The van der Waals surface area contributed by atoms with Gasteiger partial charge in [0.2, 0.25) is 4.34 Å². The Kier molecular flexibility index (Phi) is 8.59. The second-order valence-corrected chi connectivity index (χ2v) is 10.1. The lowest BCUT2D eigenvalue weighted by atomic mass is 10.1. The molecule has 0 spiro atoms. The average Bonchev–Trinajstić information content (AvgIpc) is 3.24. The van der Waals surface area contributed by atoms with Crippen molar-refractivity contribution in [1.82, 2.24) is 10.5 Å². The Balaban J connectivity index is 1.46. The molecule has 7 nitrogen and oxygen atoms in total. The van der Waals surface area contributed by atoms with Crippen LogP contribution in [-0.2, 0) is 10.5 Å². The molecule has 11 heteroatoms. The van der Waals surface area contributed by atoms with Crippen LogP contribution in [0.1, 0.15) is 18.1 Å². The van der Waals surface area contributed by atoms with E-state index in [1.807, 2.05) is 24.3 Å². The summed E-state index contributed by atoms with van der Waals surface area (Å²) in [5, 5.41) is 23.6. The number of carbonyl (C=O) groups is 1. The summed E-state index contributed by atoms with van der Waals surface area (Å²) < 4.78 is 6.75. The molecule has 1 heterocycles. The minimum absolute atomic E-state index is 0.183. The number of aromatic amines is 1. The van der Waals surface area contributed by atoms with Crippen molar-refractivity contribution in [2.24, 2.45) is 5.10 Å². The number of H-pyrrole nitrogens is 1. The third-order valence-electron chi connectivity index (χ3n) is 3.96. The highest BCUT2D eigenvalue weighted by molar-refractivity contribution is 8.03. The van der Waals surface area contributed by atoms with E-state index in [0.29, 0.717) is 11.3 Å². The fraction of sp³-hybridized carbons (Fsp3) is 0.200. The molecule has 0 saturated carbocycles. The Hall–Kier alpha value is -2.27. The van der Waals surface area contributed by atoms with Crippen molar-refractivity contribution in [3.8, 4) is 11.5 Å². The Bertz CT molecular complexity index is 1070. The third kappa shape index (κ3) is 7.13. The number of aromatic nitrogens is 2. The Morgan fingerprint density at radius 2 is 2.06 bits per heavy atom. The van der Waals surface area contributed by atoms with Gasteiger partial charge in [-0.15, -0.1) is 0 Å². The SMILES string of the molecule is COc1cc(C(C)=NNC(=O)CSc2n[nH+]c(SCc3ccc(Cl)cc3)s2)ccc1[O-]. The molecule has 1 amide bonds. The van der Waals surface area contributed by atoms with Crippen LogP contribution >= 0.6 is 46.5 Å². The zero-order valence-electron chi connectivity index (χ0n) is 16.7. The normalized spacial score (nSPS) is 11.4. The summed E-state index contributed by atoms with van der Waals surface area (Å²) in [5.41, 5.74) is 4.95. The number of methoxy groups -OCH3 is 1. The van der Waals surface area contributed by atoms with Crippen LogP contribution in [-0.4, -0.2) is 29.6 Å². The zero-order chi connectivity index (χ0) is 22.2. The van der Waals surface area contributed by atoms with Crippen molar-refractivity contribution >= 4 is 58.1 Å². The first-order valence-electron chi connectivity index (χ1n) is 9.01. The lowest BCUT2D eigenvalue weighted by Crippen LogP contribution is -2.21. The van der Waals surface area contributed by atoms with Gasteiger partial charge in [0.25, 0.3) is 5.91 Å². The molecule has 0 bridgehead atoms. The number of nitrogens with zero attached hydrogens (tertiary/aromatic N) is 2.